The zero-order valence-electron chi connectivity index (χ0n) is 13.0. The van der Waals surface area contributed by atoms with E-state index < -0.39 is 0 Å². The van der Waals surface area contributed by atoms with Gasteiger partial charge in [-0.1, -0.05) is 6.92 Å². The van der Waals surface area contributed by atoms with Gasteiger partial charge in [-0.25, -0.2) is 4.98 Å². The van der Waals surface area contributed by atoms with Gasteiger partial charge in [0.25, 0.3) is 0 Å². The summed E-state index contributed by atoms with van der Waals surface area (Å²) in [7, 11) is 1.69. The maximum atomic E-state index is 6.39. The number of methoxy groups -OCH3 is 1. The average Bonchev–Trinajstić information content (AvgIpc) is 2.86. The fourth-order valence-electron chi connectivity index (χ4n) is 3.39. The molecular formula is C17H23ClN2O. The third kappa shape index (κ3) is 2.76. The molecule has 2 aromatic rings. The van der Waals surface area contributed by atoms with Crippen molar-refractivity contribution in [1.82, 2.24) is 9.55 Å². The standard InChI is InChI=1S/C17H23ClN2O/c1-11-4-6-13(7-5-11)20-16-9-8-14(21-3)10-15(16)19-17(20)12(2)18/h8-13H,4-7H2,1-3H3. The highest BCUT2D eigenvalue weighted by Crippen LogP contribution is 2.37. The molecule has 1 unspecified atom stereocenters. The fraction of sp³-hybridized carbons (Fsp3) is 0.588. The number of hydrogen-bond acceptors (Lipinski definition) is 2. The lowest BCUT2D eigenvalue weighted by molar-refractivity contribution is 0.289. The molecule has 4 heteroatoms. The van der Waals surface area contributed by atoms with Gasteiger partial charge in [0.1, 0.15) is 11.6 Å². The molecule has 1 saturated carbocycles. The van der Waals surface area contributed by atoms with Gasteiger partial charge in [0.2, 0.25) is 0 Å². The van der Waals surface area contributed by atoms with Crippen LogP contribution in [0.4, 0.5) is 0 Å². The molecule has 3 nitrogen and oxygen atoms in total. The minimum absolute atomic E-state index is 0.0808. The molecule has 1 aliphatic carbocycles. The summed E-state index contributed by atoms with van der Waals surface area (Å²) < 4.78 is 7.68. The number of fused-ring (bicyclic) bond motifs is 1. The molecule has 0 aliphatic heterocycles. The van der Waals surface area contributed by atoms with E-state index in [1.165, 1.54) is 31.2 Å². The average molecular weight is 307 g/mol. The van der Waals surface area contributed by atoms with Crippen molar-refractivity contribution in [2.75, 3.05) is 7.11 Å². The van der Waals surface area contributed by atoms with Crippen LogP contribution in [0.3, 0.4) is 0 Å². The van der Waals surface area contributed by atoms with Crippen LogP contribution >= 0.6 is 11.6 Å². The second-order valence-electron chi connectivity index (χ2n) is 6.22. The lowest BCUT2D eigenvalue weighted by Crippen LogP contribution is -2.19. The summed E-state index contributed by atoms with van der Waals surface area (Å²) in [6.45, 7) is 4.35. The summed E-state index contributed by atoms with van der Waals surface area (Å²) in [5.74, 6) is 2.67. The van der Waals surface area contributed by atoms with Crippen molar-refractivity contribution < 1.29 is 4.74 Å². The second kappa shape index (κ2) is 5.88. The Labute approximate surface area is 131 Å². The van der Waals surface area contributed by atoms with Crippen molar-refractivity contribution in [3.63, 3.8) is 0 Å². The van der Waals surface area contributed by atoms with E-state index in [0.717, 1.165) is 23.0 Å². The maximum Gasteiger partial charge on any atom is 0.127 e. The van der Waals surface area contributed by atoms with Crippen molar-refractivity contribution in [2.24, 2.45) is 5.92 Å². The van der Waals surface area contributed by atoms with E-state index in [1.807, 2.05) is 19.1 Å². The molecular weight excluding hydrogens is 284 g/mol. The molecule has 114 valence electrons. The van der Waals surface area contributed by atoms with Crippen molar-refractivity contribution in [3.05, 3.63) is 24.0 Å². The summed E-state index contributed by atoms with van der Waals surface area (Å²) in [6.07, 6.45) is 5.01. The Balaban J connectivity index is 2.08. The summed E-state index contributed by atoms with van der Waals surface area (Å²) >= 11 is 6.39. The zero-order chi connectivity index (χ0) is 15.0. The number of hydrogen-bond donors (Lipinski definition) is 0. The van der Waals surface area contributed by atoms with Crippen LogP contribution in [0.5, 0.6) is 5.75 Å². The number of halogens is 1. The van der Waals surface area contributed by atoms with Gasteiger partial charge in [-0.2, -0.15) is 0 Å². The third-order valence-corrected chi connectivity index (χ3v) is 4.83. The normalized spacial score (nSPS) is 24.2. The fourth-order valence-corrected chi connectivity index (χ4v) is 3.54. The molecule has 1 heterocycles. The molecule has 1 aromatic carbocycles. The monoisotopic (exact) mass is 306 g/mol. The Kier molecular flexibility index (Phi) is 4.12. The van der Waals surface area contributed by atoms with Crippen molar-refractivity contribution in [3.8, 4) is 5.75 Å². The van der Waals surface area contributed by atoms with E-state index in [-0.39, 0.29) is 5.38 Å². The molecule has 0 radical (unpaired) electrons. The molecule has 1 fully saturated rings. The first-order chi connectivity index (χ1) is 10.1. The molecule has 0 spiro atoms. The number of alkyl halides is 1. The van der Waals surface area contributed by atoms with Gasteiger partial charge in [-0.3, -0.25) is 0 Å². The summed E-state index contributed by atoms with van der Waals surface area (Å²) in [6, 6.07) is 6.65. The van der Waals surface area contributed by atoms with Crippen molar-refractivity contribution >= 4 is 22.6 Å². The first-order valence-electron chi connectivity index (χ1n) is 7.80. The van der Waals surface area contributed by atoms with E-state index >= 15 is 0 Å². The van der Waals surface area contributed by atoms with Gasteiger partial charge in [0.15, 0.2) is 0 Å². The highest BCUT2D eigenvalue weighted by atomic mass is 35.5. The number of nitrogens with zero attached hydrogens (tertiary/aromatic N) is 2. The first kappa shape index (κ1) is 14.7. The predicted octanol–water partition coefficient (Wildman–Crippen LogP) is 5.10. The minimum Gasteiger partial charge on any atom is -0.497 e. The third-order valence-electron chi connectivity index (χ3n) is 4.63. The van der Waals surface area contributed by atoms with Gasteiger partial charge < -0.3 is 9.30 Å². The quantitative estimate of drug-likeness (QED) is 0.738. The Morgan fingerprint density at radius 1 is 1.29 bits per heavy atom. The number of rotatable bonds is 3. The SMILES string of the molecule is COc1ccc2c(c1)nc(C(C)Cl)n2C1CCC(C)CC1. The molecule has 3 rings (SSSR count). The van der Waals surface area contributed by atoms with Crippen LogP contribution in [0, 0.1) is 5.92 Å². The second-order valence-corrected chi connectivity index (χ2v) is 6.88. The van der Waals surface area contributed by atoms with Gasteiger partial charge in [0.05, 0.1) is 23.5 Å². The van der Waals surface area contributed by atoms with E-state index in [2.05, 4.69) is 17.6 Å². The largest absolute Gasteiger partial charge is 0.497 e. The molecule has 0 bridgehead atoms. The Bertz CT molecular complexity index is 627. The van der Waals surface area contributed by atoms with Crippen molar-refractivity contribution in [1.29, 1.82) is 0 Å². The van der Waals surface area contributed by atoms with Crippen LogP contribution < -0.4 is 4.74 Å². The molecule has 1 atom stereocenters. The number of aromatic nitrogens is 2. The van der Waals surface area contributed by atoms with E-state index in [9.17, 15) is 0 Å². The number of imidazole rings is 1. The lowest BCUT2D eigenvalue weighted by atomic mass is 9.87. The van der Waals surface area contributed by atoms with Crippen molar-refractivity contribution in [2.45, 2.75) is 50.9 Å². The van der Waals surface area contributed by atoms with Gasteiger partial charge in [0, 0.05) is 12.1 Å². The topological polar surface area (TPSA) is 27.1 Å². The smallest absolute Gasteiger partial charge is 0.127 e. The minimum atomic E-state index is -0.0808. The van der Waals surface area contributed by atoms with Gasteiger partial charge >= 0.3 is 0 Å². The molecule has 0 saturated heterocycles. The molecule has 0 N–H and O–H groups in total. The molecule has 1 aromatic heterocycles. The maximum absolute atomic E-state index is 6.39. The Morgan fingerprint density at radius 3 is 2.62 bits per heavy atom. The van der Waals surface area contributed by atoms with Crippen LogP contribution in [0.1, 0.15) is 56.8 Å². The summed E-state index contributed by atoms with van der Waals surface area (Å²) in [5, 5.41) is -0.0808. The molecule has 0 amide bonds. The van der Waals surface area contributed by atoms with Crippen LogP contribution in [0.25, 0.3) is 11.0 Å². The lowest BCUT2D eigenvalue weighted by Gasteiger charge is -2.29. The zero-order valence-corrected chi connectivity index (χ0v) is 13.7. The number of ether oxygens (including phenoxy) is 1. The van der Waals surface area contributed by atoms with Gasteiger partial charge in [-0.15, -0.1) is 11.6 Å². The molecule has 1 aliphatic rings. The molecule has 21 heavy (non-hydrogen) atoms. The summed E-state index contributed by atoms with van der Waals surface area (Å²) in [4.78, 5) is 4.77. The summed E-state index contributed by atoms with van der Waals surface area (Å²) in [5.41, 5.74) is 2.16. The van der Waals surface area contributed by atoms with E-state index in [4.69, 9.17) is 21.3 Å². The van der Waals surface area contributed by atoms with Crippen LogP contribution in [-0.4, -0.2) is 16.7 Å². The Morgan fingerprint density at radius 2 is 2.00 bits per heavy atom. The highest BCUT2D eigenvalue weighted by molar-refractivity contribution is 6.20. The Hall–Kier alpha value is -1.22. The van der Waals surface area contributed by atoms with E-state index in [1.54, 1.807) is 7.11 Å². The van der Waals surface area contributed by atoms with Crippen LogP contribution in [0.15, 0.2) is 18.2 Å². The van der Waals surface area contributed by atoms with Crippen LogP contribution in [0.2, 0.25) is 0 Å². The van der Waals surface area contributed by atoms with E-state index in [0.29, 0.717) is 6.04 Å². The van der Waals surface area contributed by atoms with Crippen LogP contribution in [-0.2, 0) is 0 Å². The first-order valence-corrected chi connectivity index (χ1v) is 8.23. The number of benzene rings is 1. The van der Waals surface area contributed by atoms with Gasteiger partial charge in [-0.05, 0) is 50.7 Å². The highest BCUT2D eigenvalue weighted by Gasteiger charge is 2.25. The predicted molar refractivity (Wildman–Crippen MR) is 87.2 cm³/mol.